The number of anilines is 2. The van der Waals surface area contributed by atoms with Gasteiger partial charge in [0, 0.05) is 23.4 Å². The minimum atomic E-state index is -4.42. The Morgan fingerprint density at radius 2 is 1.88 bits per heavy atom. The van der Waals surface area contributed by atoms with Crippen molar-refractivity contribution in [3.63, 3.8) is 0 Å². The smallest absolute Gasteiger partial charge is 0.422 e. The largest absolute Gasteiger partial charge is 0.484 e. The second kappa shape index (κ2) is 7.92. The molecule has 0 fully saturated rings. The van der Waals surface area contributed by atoms with Crippen LogP contribution in [0.4, 0.5) is 24.5 Å². The number of para-hydroxylation sites is 1. The first-order valence-electron chi connectivity index (χ1n) is 7.68. The van der Waals surface area contributed by atoms with E-state index in [4.69, 9.17) is 10.5 Å². The van der Waals surface area contributed by atoms with Crippen LogP contribution in [0.5, 0.6) is 5.75 Å². The molecule has 0 unspecified atom stereocenters. The third-order valence-corrected chi connectivity index (χ3v) is 3.63. The van der Waals surface area contributed by atoms with Crippen LogP contribution in [-0.2, 0) is 11.2 Å². The summed E-state index contributed by atoms with van der Waals surface area (Å²) in [6.45, 7) is 0.217. The Hall–Kier alpha value is -2.70. The average Bonchev–Trinajstić information content (AvgIpc) is 2.54. The second-order valence-corrected chi connectivity index (χ2v) is 5.58. The number of nitrogens with one attached hydrogen (secondary N) is 1. The molecule has 0 saturated carbocycles. The van der Waals surface area contributed by atoms with Gasteiger partial charge in [0.15, 0.2) is 6.61 Å². The fourth-order valence-electron chi connectivity index (χ4n) is 2.29. The zero-order valence-electron chi connectivity index (χ0n) is 13.7. The molecule has 0 bridgehead atoms. The van der Waals surface area contributed by atoms with Crippen molar-refractivity contribution in [2.45, 2.75) is 25.9 Å². The molecular weight excluding hydrogens is 333 g/mol. The van der Waals surface area contributed by atoms with E-state index in [1.807, 2.05) is 18.2 Å². The highest BCUT2D eigenvalue weighted by molar-refractivity contribution is 5.92. The SMILES string of the molecule is Cc1c(NC(=O)CCc2ccccc2N)cccc1OCC(F)(F)F. The lowest BCUT2D eigenvalue weighted by Gasteiger charge is -2.15. The molecule has 7 heteroatoms. The maximum absolute atomic E-state index is 12.3. The zero-order valence-corrected chi connectivity index (χ0v) is 13.7. The van der Waals surface area contributed by atoms with Gasteiger partial charge in [-0.05, 0) is 37.1 Å². The van der Waals surface area contributed by atoms with Crippen LogP contribution in [0.1, 0.15) is 17.5 Å². The molecular formula is C18H19F3N2O2. The summed E-state index contributed by atoms with van der Waals surface area (Å²) in [7, 11) is 0. The number of alkyl halides is 3. The van der Waals surface area contributed by atoms with Crippen LogP contribution in [0.15, 0.2) is 42.5 Å². The normalized spacial score (nSPS) is 11.2. The van der Waals surface area contributed by atoms with E-state index in [0.717, 1.165) is 5.56 Å². The molecule has 0 aliphatic carbocycles. The van der Waals surface area contributed by atoms with Gasteiger partial charge in [0.1, 0.15) is 5.75 Å². The number of ether oxygens (including phenoxy) is 1. The summed E-state index contributed by atoms with van der Waals surface area (Å²) >= 11 is 0. The lowest BCUT2D eigenvalue weighted by molar-refractivity contribution is -0.153. The molecule has 0 radical (unpaired) electrons. The molecule has 0 aromatic heterocycles. The molecule has 2 aromatic rings. The molecule has 0 atom stereocenters. The molecule has 0 spiro atoms. The minimum Gasteiger partial charge on any atom is -0.484 e. The molecule has 0 heterocycles. The number of aryl methyl sites for hydroxylation is 1. The maximum atomic E-state index is 12.3. The van der Waals surface area contributed by atoms with Gasteiger partial charge in [-0.3, -0.25) is 4.79 Å². The number of hydrogen-bond acceptors (Lipinski definition) is 3. The Kier molecular flexibility index (Phi) is 5.90. The first-order valence-corrected chi connectivity index (χ1v) is 7.68. The molecule has 4 nitrogen and oxygen atoms in total. The van der Waals surface area contributed by atoms with E-state index in [1.165, 1.54) is 12.1 Å². The number of nitrogens with two attached hydrogens (primary N) is 1. The number of hydrogen-bond donors (Lipinski definition) is 2. The molecule has 2 rings (SSSR count). The van der Waals surface area contributed by atoms with Gasteiger partial charge in [-0.1, -0.05) is 24.3 Å². The molecule has 3 N–H and O–H groups in total. The van der Waals surface area contributed by atoms with Crippen LogP contribution in [-0.4, -0.2) is 18.7 Å². The lowest BCUT2D eigenvalue weighted by atomic mass is 10.1. The highest BCUT2D eigenvalue weighted by atomic mass is 19.4. The number of carbonyl (C=O) groups excluding carboxylic acids is 1. The molecule has 25 heavy (non-hydrogen) atoms. The summed E-state index contributed by atoms with van der Waals surface area (Å²) in [4.78, 5) is 12.1. The lowest BCUT2D eigenvalue weighted by Crippen LogP contribution is -2.20. The molecule has 1 amide bonds. The topological polar surface area (TPSA) is 64.4 Å². The number of amides is 1. The van der Waals surface area contributed by atoms with Gasteiger partial charge in [0.25, 0.3) is 0 Å². The average molecular weight is 352 g/mol. The van der Waals surface area contributed by atoms with Gasteiger partial charge < -0.3 is 15.8 Å². The van der Waals surface area contributed by atoms with E-state index >= 15 is 0 Å². The minimum absolute atomic E-state index is 0.0856. The van der Waals surface area contributed by atoms with Gasteiger partial charge in [0.2, 0.25) is 5.91 Å². The van der Waals surface area contributed by atoms with E-state index in [1.54, 1.807) is 19.1 Å². The highest BCUT2D eigenvalue weighted by Gasteiger charge is 2.28. The summed E-state index contributed by atoms with van der Waals surface area (Å²) in [5, 5.41) is 2.70. The van der Waals surface area contributed by atoms with Gasteiger partial charge >= 0.3 is 6.18 Å². The van der Waals surface area contributed by atoms with Crippen LogP contribution in [0.3, 0.4) is 0 Å². The van der Waals surface area contributed by atoms with E-state index < -0.39 is 12.8 Å². The van der Waals surface area contributed by atoms with E-state index in [9.17, 15) is 18.0 Å². The van der Waals surface area contributed by atoms with Crippen LogP contribution in [0.25, 0.3) is 0 Å². The van der Waals surface area contributed by atoms with Gasteiger partial charge in [-0.2, -0.15) is 13.2 Å². The Morgan fingerprint density at radius 3 is 2.56 bits per heavy atom. The van der Waals surface area contributed by atoms with Crippen molar-refractivity contribution in [2.24, 2.45) is 0 Å². The second-order valence-electron chi connectivity index (χ2n) is 5.58. The fourth-order valence-corrected chi connectivity index (χ4v) is 2.29. The fraction of sp³-hybridized carbons (Fsp3) is 0.278. The maximum Gasteiger partial charge on any atom is 0.422 e. The van der Waals surface area contributed by atoms with Crippen LogP contribution in [0, 0.1) is 6.92 Å². The summed E-state index contributed by atoms with van der Waals surface area (Å²) in [6.07, 6.45) is -3.73. The first kappa shape index (κ1) is 18.6. The Labute approximate surface area is 143 Å². The Morgan fingerprint density at radius 1 is 1.16 bits per heavy atom. The molecule has 0 aliphatic rings. The Bertz CT molecular complexity index is 745. The number of benzene rings is 2. The van der Waals surface area contributed by atoms with Crippen molar-refractivity contribution in [1.82, 2.24) is 0 Å². The molecule has 2 aromatic carbocycles. The predicted octanol–water partition coefficient (Wildman–Crippen LogP) is 4.09. The van der Waals surface area contributed by atoms with E-state index in [0.29, 0.717) is 23.4 Å². The highest BCUT2D eigenvalue weighted by Crippen LogP contribution is 2.27. The van der Waals surface area contributed by atoms with Gasteiger partial charge in [-0.15, -0.1) is 0 Å². The van der Waals surface area contributed by atoms with Crippen molar-refractivity contribution in [1.29, 1.82) is 0 Å². The van der Waals surface area contributed by atoms with E-state index in [-0.39, 0.29) is 18.1 Å². The van der Waals surface area contributed by atoms with Crippen molar-refractivity contribution < 1.29 is 22.7 Å². The summed E-state index contributed by atoms with van der Waals surface area (Å²) < 4.78 is 41.6. The number of carbonyl (C=O) groups is 1. The molecule has 0 aliphatic heterocycles. The number of nitrogen functional groups attached to an aromatic ring is 1. The first-order chi connectivity index (χ1) is 11.8. The van der Waals surface area contributed by atoms with Crippen molar-refractivity contribution >= 4 is 17.3 Å². The van der Waals surface area contributed by atoms with Crippen LogP contribution < -0.4 is 15.8 Å². The monoisotopic (exact) mass is 352 g/mol. The Balaban J connectivity index is 1.97. The van der Waals surface area contributed by atoms with Crippen LogP contribution in [0.2, 0.25) is 0 Å². The third kappa shape index (κ3) is 5.70. The van der Waals surface area contributed by atoms with Crippen molar-refractivity contribution in [2.75, 3.05) is 17.7 Å². The van der Waals surface area contributed by atoms with Gasteiger partial charge in [0.05, 0.1) is 0 Å². The van der Waals surface area contributed by atoms with Gasteiger partial charge in [-0.25, -0.2) is 0 Å². The molecule has 134 valence electrons. The number of rotatable bonds is 6. The summed E-state index contributed by atoms with van der Waals surface area (Å²) in [6, 6.07) is 11.8. The van der Waals surface area contributed by atoms with E-state index in [2.05, 4.69) is 5.32 Å². The quantitative estimate of drug-likeness (QED) is 0.770. The van der Waals surface area contributed by atoms with Crippen LogP contribution >= 0.6 is 0 Å². The third-order valence-electron chi connectivity index (χ3n) is 3.63. The summed E-state index contributed by atoms with van der Waals surface area (Å²) in [5.41, 5.74) is 8.19. The standard InChI is InChI=1S/C18H19F3N2O2/c1-12-15(7-4-8-16(12)25-11-18(19,20)21)23-17(24)10-9-13-5-2-3-6-14(13)22/h2-8H,9-11,22H2,1H3,(H,23,24). The summed E-state index contributed by atoms with van der Waals surface area (Å²) in [5.74, 6) is -0.165. The van der Waals surface area contributed by atoms with Crippen molar-refractivity contribution in [3.05, 3.63) is 53.6 Å². The predicted molar refractivity (Wildman–Crippen MR) is 90.5 cm³/mol. The number of halogens is 3. The van der Waals surface area contributed by atoms with Crippen molar-refractivity contribution in [3.8, 4) is 5.75 Å². The zero-order chi connectivity index (χ0) is 18.4. The molecule has 0 saturated heterocycles.